The molecule has 3 nitrogen and oxygen atoms in total. The van der Waals surface area contributed by atoms with Crippen LogP contribution in [0.2, 0.25) is 0 Å². The summed E-state index contributed by atoms with van der Waals surface area (Å²) >= 11 is 6.25. The van der Waals surface area contributed by atoms with Crippen LogP contribution in [0, 0.1) is 5.41 Å². The number of allylic oxidation sites excluding steroid dienone is 1. The lowest BCUT2D eigenvalue weighted by Gasteiger charge is -2.30. The lowest BCUT2D eigenvalue weighted by Crippen LogP contribution is -2.34. The van der Waals surface area contributed by atoms with Crippen molar-refractivity contribution in [3.8, 4) is 0 Å². The Balaban J connectivity index is 2.12. The first-order valence-corrected chi connectivity index (χ1v) is 6.52. The van der Waals surface area contributed by atoms with Crippen molar-refractivity contribution in [1.29, 1.82) is 0 Å². The maximum absolute atomic E-state index is 11.5. The van der Waals surface area contributed by atoms with Crippen molar-refractivity contribution < 1.29 is 4.79 Å². The van der Waals surface area contributed by atoms with Gasteiger partial charge in [0.15, 0.2) is 0 Å². The third kappa shape index (κ3) is 2.55. The molecule has 1 saturated heterocycles. The van der Waals surface area contributed by atoms with Crippen molar-refractivity contribution in [2.24, 2.45) is 5.41 Å². The normalized spacial score (nSPS) is 31.7. The van der Waals surface area contributed by atoms with Gasteiger partial charge in [0.05, 0.1) is 6.04 Å². The van der Waals surface area contributed by atoms with Gasteiger partial charge in [0.25, 0.3) is 0 Å². The molecule has 1 amide bonds. The number of amides is 1. The van der Waals surface area contributed by atoms with E-state index in [0.717, 1.165) is 30.1 Å². The number of rotatable bonds is 4. The molecule has 0 aromatic heterocycles. The van der Waals surface area contributed by atoms with E-state index in [1.54, 1.807) is 0 Å². The van der Waals surface area contributed by atoms with Gasteiger partial charge in [-0.15, -0.1) is 0 Å². The van der Waals surface area contributed by atoms with Gasteiger partial charge in [0, 0.05) is 16.9 Å². The molecule has 0 aromatic carbocycles. The Bertz CT molecular complexity index is 389. The van der Waals surface area contributed by atoms with Crippen LogP contribution in [-0.4, -0.2) is 25.0 Å². The monoisotopic (exact) mass is 254 g/mol. The largest absolute Gasteiger partial charge is 0.349 e. The molecule has 2 rings (SSSR count). The van der Waals surface area contributed by atoms with Crippen LogP contribution in [0.4, 0.5) is 0 Å². The Hall–Kier alpha value is -0.800. The molecule has 17 heavy (non-hydrogen) atoms. The fourth-order valence-corrected chi connectivity index (χ4v) is 2.80. The second-order valence-electron chi connectivity index (χ2n) is 5.02. The van der Waals surface area contributed by atoms with Gasteiger partial charge in [0.1, 0.15) is 0 Å². The molecular formula is C13H19ClN2O. The van der Waals surface area contributed by atoms with Gasteiger partial charge in [-0.05, 0) is 31.2 Å². The first kappa shape index (κ1) is 12.7. The van der Waals surface area contributed by atoms with E-state index in [1.807, 2.05) is 6.08 Å². The Morgan fingerprint density at radius 2 is 2.41 bits per heavy atom. The van der Waals surface area contributed by atoms with Crippen LogP contribution in [0.3, 0.4) is 0 Å². The maximum Gasteiger partial charge on any atom is 0.221 e. The molecular weight excluding hydrogens is 236 g/mol. The number of hydrogen-bond acceptors (Lipinski definition) is 2. The van der Waals surface area contributed by atoms with E-state index < -0.39 is 0 Å². The van der Waals surface area contributed by atoms with Crippen molar-refractivity contribution in [2.45, 2.75) is 32.7 Å². The fourth-order valence-electron chi connectivity index (χ4n) is 2.53. The van der Waals surface area contributed by atoms with Crippen molar-refractivity contribution in [2.75, 3.05) is 13.1 Å². The number of carbonyl (C=O) groups is 1. The van der Waals surface area contributed by atoms with E-state index in [4.69, 9.17) is 11.6 Å². The molecule has 2 unspecified atom stereocenters. The van der Waals surface area contributed by atoms with Gasteiger partial charge in [-0.3, -0.25) is 4.79 Å². The zero-order valence-electron chi connectivity index (χ0n) is 10.3. The number of fused-ring (bicyclic) bond motifs is 1. The smallest absolute Gasteiger partial charge is 0.221 e. The van der Waals surface area contributed by atoms with E-state index in [2.05, 4.69) is 30.6 Å². The summed E-state index contributed by atoms with van der Waals surface area (Å²) in [5.41, 5.74) is 1.06. The van der Waals surface area contributed by atoms with Crippen molar-refractivity contribution in [1.82, 2.24) is 10.6 Å². The third-order valence-electron chi connectivity index (χ3n) is 3.51. The predicted molar refractivity (Wildman–Crippen MR) is 69.8 cm³/mol. The molecule has 0 bridgehead atoms. The molecule has 4 heteroatoms. The van der Waals surface area contributed by atoms with E-state index in [9.17, 15) is 4.79 Å². The van der Waals surface area contributed by atoms with E-state index in [0.29, 0.717) is 6.42 Å². The van der Waals surface area contributed by atoms with Crippen LogP contribution in [0.1, 0.15) is 26.7 Å². The number of halogens is 1. The summed E-state index contributed by atoms with van der Waals surface area (Å²) in [4.78, 5) is 11.5. The second kappa shape index (κ2) is 4.83. The predicted octanol–water partition coefficient (Wildman–Crippen LogP) is 1.94. The minimum atomic E-state index is -0.100. The summed E-state index contributed by atoms with van der Waals surface area (Å²) in [6.45, 7) is 6.09. The van der Waals surface area contributed by atoms with Crippen LogP contribution in [-0.2, 0) is 4.79 Å². The zero-order chi connectivity index (χ0) is 12.5. The minimum Gasteiger partial charge on any atom is -0.349 e. The summed E-state index contributed by atoms with van der Waals surface area (Å²) in [6.07, 6.45) is 5.63. The molecule has 94 valence electrons. The maximum atomic E-state index is 11.5. The third-order valence-corrected chi connectivity index (χ3v) is 3.88. The molecule has 1 aliphatic heterocycles. The molecule has 2 aliphatic rings. The van der Waals surface area contributed by atoms with E-state index in [1.165, 1.54) is 0 Å². The lowest BCUT2D eigenvalue weighted by atomic mass is 9.77. The first-order chi connectivity index (χ1) is 8.05. The summed E-state index contributed by atoms with van der Waals surface area (Å²) in [5.74, 6) is 0.113. The number of carbonyl (C=O) groups excluding carboxylic acids is 1. The van der Waals surface area contributed by atoms with Gasteiger partial charge in [-0.25, -0.2) is 0 Å². The van der Waals surface area contributed by atoms with Crippen molar-refractivity contribution in [3.05, 3.63) is 22.8 Å². The number of nitrogens with one attached hydrogen (secondary N) is 2. The summed E-state index contributed by atoms with van der Waals surface area (Å²) in [5, 5.41) is 7.03. The van der Waals surface area contributed by atoms with Gasteiger partial charge in [0.2, 0.25) is 5.91 Å². The minimum absolute atomic E-state index is 0.0605. The highest BCUT2D eigenvalue weighted by Crippen LogP contribution is 2.41. The Labute approximate surface area is 107 Å². The summed E-state index contributed by atoms with van der Waals surface area (Å²) in [7, 11) is 0. The standard InChI is InChI=1S/C13H19ClN2O/c1-3-15-5-4-9-7-13(2)8-12(17)16-11(13)6-10(9)14/h6-7,11,15H,3-5,8H2,1-2H3,(H,16,17). The molecule has 0 spiro atoms. The van der Waals surface area contributed by atoms with Gasteiger partial charge < -0.3 is 10.6 Å². The highest BCUT2D eigenvalue weighted by molar-refractivity contribution is 6.32. The Kier molecular flexibility index (Phi) is 3.59. The molecule has 2 N–H and O–H groups in total. The second-order valence-corrected chi connectivity index (χ2v) is 5.42. The summed E-state index contributed by atoms with van der Waals surface area (Å²) < 4.78 is 0. The molecule has 0 saturated carbocycles. The number of hydrogen-bond donors (Lipinski definition) is 2. The van der Waals surface area contributed by atoms with Crippen LogP contribution in [0.25, 0.3) is 0 Å². The molecule has 1 aliphatic carbocycles. The average molecular weight is 255 g/mol. The topological polar surface area (TPSA) is 41.1 Å². The van der Waals surface area contributed by atoms with Crippen molar-refractivity contribution in [3.63, 3.8) is 0 Å². The Morgan fingerprint density at radius 1 is 1.65 bits per heavy atom. The molecule has 1 heterocycles. The Morgan fingerprint density at radius 3 is 3.12 bits per heavy atom. The lowest BCUT2D eigenvalue weighted by molar-refractivity contribution is -0.119. The van der Waals surface area contributed by atoms with E-state index in [-0.39, 0.29) is 17.4 Å². The highest BCUT2D eigenvalue weighted by atomic mass is 35.5. The molecule has 0 radical (unpaired) electrons. The van der Waals surface area contributed by atoms with Gasteiger partial charge in [-0.1, -0.05) is 31.5 Å². The summed E-state index contributed by atoms with van der Waals surface area (Å²) in [6, 6.07) is 0.0605. The van der Waals surface area contributed by atoms with Crippen LogP contribution >= 0.6 is 11.6 Å². The average Bonchev–Trinajstić information content (AvgIpc) is 2.53. The molecule has 1 fully saturated rings. The quantitative estimate of drug-likeness (QED) is 0.753. The van der Waals surface area contributed by atoms with Crippen molar-refractivity contribution >= 4 is 17.5 Å². The SMILES string of the molecule is CCNCCC1=CC2(C)CC(=O)NC2C=C1Cl. The molecule has 0 aromatic rings. The van der Waals surface area contributed by atoms with Gasteiger partial charge in [-0.2, -0.15) is 0 Å². The van der Waals surface area contributed by atoms with Crippen LogP contribution in [0.15, 0.2) is 22.8 Å². The van der Waals surface area contributed by atoms with Crippen LogP contribution < -0.4 is 10.6 Å². The zero-order valence-corrected chi connectivity index (χ0v) is 11.1. The molecule has 2 atom stereocenters. The first-order valence-electron chi connectivity index (χ1n) is 6.14. The van der Waals surface area contributed by atoms with E-state index >= 15 is 0 Å². The van der Waals surface area contributed by atoms with Crippen LogP contribution in [0.5, 0.6) is 0 Å². The van der Waals surface area contributed by atoms with Gasteiger partial charge >= 0.3 is 0 Å². The fraction of sp³-hybridized carbons (Fsp3) is 0.615. The highest BCUT2D eigenvalue weighted by Gasteiger charge is 2.42.